The van der Waals surface area contributed by atoms with Crippen molar-refractivity contribution in [3.63, 3.8) is 0 Å². The fourth-order valence-corrected chi connectivity index (χ4v) is 2.00. The molecule has 1 aliphatic heterocycles. The molecule has 1 aliphatic rings. The highest BCUT2D eigenvalue weighted by Crippen LogP contribution is 2.18. The molecule has 1 unspecified atom stereocenters. The summed E-state index contributed by atoms with van der Waals surface area (Å²) in [6, 6.07) is -0.123. The first-order chi connectivity index (χ1) is 9.22. The summed E-state index contributed by atoms with van der Waals surface area (Å²) in [5, 5.41) is 12.1. The third-order valence-electron chi connectivity index (χ3n) is 3.04. The summed E-state index contributed by atoms with van der Waals surface area (Å²) in [6.07, 6.45) is 3.54. The van der Waals surface area contributed by atoms with E-state index in [-0.39, 0.29) is 12.6 Å². The molecule has 2 rings (SSSR count). The second-order valence-electron chi connectivity index (χ2n) is 4.70. The Bertz CT molecular complexity index is 408. The van der Waals surface area contributed by atoms with Crippen molar-refractivity contribution in [2.75, 3.05) is 35.3 Å². The van der Waals surface area contributed by atoms with E-state index in [1.165, 1.54) is 6.42 Å². The predicted octanol–water partition coefficient (Wildman–Crippen LogP) is -0.0598. The van der Waals surface area contributed by atoms with Crippen LogP contribution in [-0.4, -0.2) is 45.8 Å². The molecule has 1 aromatic heterocycles. The molecule has 1 saturated heterocycles. The second-order valence-corrected chi connectivity index (χ2v) is 4.70. The second kappa shape index (κ2) is 6.48. The molecule has 1 aromatic rings. The van der Waals surface area contributed by atoms with Gasteiger partial charge in [-0.15, -0.1) is 0 Å². The first-order valence-corrected chi connectivity index (χ1v) is 6.58. The van der Waals surface area contributed by atoms with Gasteiger partial charge in [0.25, 0.3) is 0 Å². The molecule has 5 N–H and O–H groups in total. The normalized spacial score (nSPS) is 17.1. The van der Waals surface area contributed by atoms with Gasteiger partial charge in [-0.3, -0.25) is 5.43 Å². The van der Waals surface area contributed by atoms with E-state index >= 15 is 0 Å². The number of aliphatic hydroxyl groups excluding tert-OH is 1. The summed E-state index contributed by atoms with van der Waals surface area (Å²) >= 11 is 0. The van der Waals surface area contributed by atoms with Crippen LogP contribution >= 0.6 is 0 Å². The average molecular weight is 267 g/mol. The van der Waals surface area contributed by atoms with Gasteiger partial charge in [-0.1, -0.05) is 0 Å². The summed E-state index contributed by atoms with van der Waals surface area (Å²) in [4.78, 5) is 14.9. The Labute approximate surface area is 112 Å². The summed E-state index contributed by atoms with van der Waals surface area (Å²) in [5.74, 6) is 6.75. The van der Waals surface area contributed by atoms with Crippen LogP contribution in [0.2, 0.25) is 0 Å². The van der Waals surface area contributed by atoms with E-state index in [1.54, 1.807) is 0 Å². The number of piperidine rings is 1. The Kier molecular flexibility index (Phi) is 4.69. The van der Waals surface area contributed by atoms with E-state index in [2.05, 4.69) is 30.6 Å². The number of aromatic nitrogens is 3. The number of hydrogen-bond donors (Lipinski definition) is 4. The zero-order chi connectivity index (χ0) is 13.7. The number of aliphatic hydroxyl groups is 1. The number of nitrogens with zero attached hydrogens (tertiary/aromatic N) is 4. The van der Waals surface area contributed by atoms with E-state index in [0.29, 0.717) is 17.8 Å². The topological polar surface area (TPSA) is 112 Å². The van der Waals surface area contributed by atoms with Gasteiger partial charge in [-0.25, -0.2) is 5.84 Å². The zero-order valence-corrected chi connectivity index (χ0v) is 11.1. The van der Waals surface area contributed by atoms with Crippen molar-refractivity contribution in [1.29, 1.82) is 0 Å². The van der Waals surface area contributed by atoms with Crippen molar-refractivity contribution in [3.8, 4) is 0 Å². The van der Waals surface area contributed by atoms with Gasteiger partial charge >= 0.3 is 0 Å². The molecule has 0 bridgehead atoms. The van der Waals surface area contributed by atoms with Crippen LogP contribution in [0.3, 0.4) is 0 Å². The molecule has 0 amide bonds. The van der Waals surface area contributed by atoms with E-state index in [0.717, 1.165) is 25.9 Å². The van der Waals surface area contributed by atoms with Gasteiger partial charge in [0, 0.05) is 19.1 Å². The summed E-state index contributed by atoms with van der Waals surface area (Å²) in [7, 11) is 0. The van der Waals surface area contributed by atoms with Gasteiger partial charge in [-0.2, -0.15) is 15.0 Å². The van der Waals surface area contributed by atoms with Crippen LogP contribution in [0.15, 0.2) is 0 Å². The van der Waals surface area contributed by atoms with Crippen molar-refractivity contribution in [2.45, 2.75) is 32.2 Å². The van der Waals surface area contributed by atoms with Crippen molar-refractivity contribution < 1.29 is 5.11 Å². The minimum absolute atomic E-state index is 0.0100. The first-order valence-electron chi connectivity index (χ1n) is 6.58. The maximum atomic E-state index is 9.06. The van der Waals surface area contributed by atoms with Gasteiger partial charge in [0.05, 0.1) is 6.61 Å². The maximum Gasteiger partial charge on any atom is 0.243 e. The molecule has 0 spiro atoms. The van der Waals surface area contributed by atoms with Crippen LogP contribution in [0.1, 0.15) is 26.2 Å². The molecule has 1 atom stereocenters. The van der Waals surface area contributed by atoms with Crippen LogP contribution < -0.4 is 21.5 Å². The van der Waals surface area contributed by atoms with Gasteiger partial charge in [0.1, 0.15) is 0 Å². The largest absolute Gasteiger partial charge is 0.394 e. The number of hydrazine groups is 1. The molecular weight excluding hydrogens is 246 g/mol. The molecule has 0 saturated carbocycles. The summed E-state index contributed by atoms with van der Waals surface area (Å²) in [6.45, 7) is 3.75. The molecular formula is C11H21N7O. The number of anilines is 3. The molecule has 2 heterocycles. The molecule has 8 heteroatoms. The number of nitrogen functional groups attached to an aromatic ring is 1. The third kappa shape index (κ3) is 3.65. The Morgan fingerprint density at radius 1 is 1.21 bits per heavy atom. The number of nitrogens with one attached hydrogen (secondary N) is 2. The first kappa shape index (κ1) is 13.8. The van der Waals surface area contributed by atoms with E-state index in [9.17, 15) is 0 Å². The number of nitrogens with two attached hydrogens (primary N) is 1. The highest BCUT2D eigenvalue weighted by atomic mass is 16.3. The smallest absolute Gasteiger partial charge is 0.243 e. The molecule has 19 heavy (non-hydrogen) atoms. The Balaban J connectivity index is 2.19. The lowest BCUT2D eigenvalue weighted by atomic mass is 10.1. The molecule has 0 aromatic carbocycles. The lowest BCUT2D eigenvalue weighted by Gasteiger charge is -2.27. The van der Waals surface area contributed by atoms with Crippen molar-refractivity contribution in [2.24, 2.45) is 5.84 Å². The Hall–Kier alpha value is -1.67. The van der Waals surface area contributed by atoms with E-state index in [1.807, 2.05) is 6.92 Å². The van der Waals surface area contributed by atoms with E-state index < -0.39 is 0 Å². The molecule has 1 fully saturated rings. The van der Waals surface area contributed by atoms with Crippen molar-refractivity contribution >= 4 is 17.8 Å². The third-order valence-corrected chi connectivity index (χ3v) is 3.04. The van der Waals surface area contributed by atoms with Crippen molar-refractivity contribution in [3.05, 3.63) is 0 Å². The SMILES string of the molecule is CC(CO)Nc1nc(NN)nc(N2CCCCC2)n1. The predicted molar refractivity (Wildman–Crippen MR) is 73.9 cm³/mol. The quantitative estimate of drug-likeness (QED) is 0.433. The molecule has 0 aliphatic carbocycles. The molecule has 0 radical (unpaired) electrons. The maximum absolute atomic E-state index is 9.06. The lowest BCUT2D eigenvalue weighted by molar-refractivity contribution is 0.281. The number of rotatable bonds is 5. The zero-order valence-electron chi connectivity index (χ0n) is 11.1. The standard InChI is InChI=1S/C11H21N7O/c1-8(7-19)13-9-14-10(17-12)16-11(15-9)18-5-3-2-4-6-18/h8,19H,2-7,12H2,1H3,(H2,13,14,15,16,17). The minimum atomic E-state index is -0.123. The van der Waals surface area contributed by atoms with Crippen LogP contribution in [-0.2, 0) is 0 Å². The fourth-order valence-electron chi connectivity index (χ4n) is 2.00. The van der Waals surface area contributed by atoms with Crippen LogP contribution in [0.25, 0.3) is 0 Å². The van der Waals surface area contributed by atoms with Gasteiger partial charge in [-0.05, 0) is 26.2 Å². The fraction of sp³-hybridized carbons (Fsp3) is 0.727. The number of hydrogen-bond acceptors (Lipinski definition) is 8. The van der Waals surface area contributed by atoms with Crippen molar-refractivity contribution in [1.82, 2.24) is 15.0 Å². The Morgan fingerprint density at radius 3 is 2.53 bits per heavy atom. The molecule has 106 valence electrons. The highest BCUT2D eigenvalue weighted by Gasteiger charge is 2.16. The summed E-state index contributed by atoms with van der Waals surface area (Å²) < 4.78 is 0. The minimum Gasteiger partial charge on any atom is -0.394 e. The average Bonchev–Trinajstić information content (AvgIpc) is 2.47. The molecule has 8 nitrogen and oxygen atoms in total. The van der Waals surface area contributed by atoms with Gasteiger partial charge < -0.3 is 15.3 Å². The van der Waals surface area contributed by atoms with Crippen LogP contribution in [0.4, 0.5) is 17.8 Å². The van der Waals surface area contributed by atoms with Gasteiger partial charge in [0.2, 0.25) is 17.8 Å². The highest BCUT2D eigenvalue weighted by molar-refractivity contribution is 5.43. The van der Waals surface area contributed by atoms with E-state index in [4.69, 9.17) is 10.9 Å². The lowest BCUT2D eigenvalue weighted by Crippen LogP contribution is -2.32. The van der Waals surface area contributed by atoms with Gasteiger partial charge in [0.15, 0.2) is 0 Å². The van der Waals surface area contributed by atoms with Crippen LogP contribution in [0, 0.1) is 0 Å². The monoisotopic (exact) mass is 267 g/mol. The Morgan fingerprint density at radius 2 is 1.89 bits per heavy atom. The summed E-state index contributed by atoms with van der Waals surface area (Å²) in [5.41, 5.74) is 2.45. The van der Waals surface area contributed by atoms with Crippen LogP contribution in [0.5, 0.6) is 0 Å².